The number of nitrogens with zero attached hydrogens (tertiary/aromatic N) is 1. The molecule has 5 nitrogen and oxygen atoms in total. The van der Waals surface area contributed by atoms with E-state index in [9.17, 15) is 9.59 Å². The Morgan fingerprint density at radius 1 is 1.09 bits per heavy atom. The Bertz CT molecular complexity index is 359. The average Bonchev–Trinajstić information content (AvgIpc) is 2.52. The van der Waals surface area contributed by atoms with Crippen molar-refractivity contribution in [2.24, 2.45) is 11.8 Å². The molecule has 2 aliphatic rings. The fourth-order valence-corrected chi connectivity index (χ4v) is 3.46. The summed E-state index contributed by atoms with van der Waals surface area (Å²) in [5, 5.41) is 12.1. The minimum absolute atomic E-state index is 0. The molecule has 1 unspecified atom stereocenters. The van der Waals surface area contributed by atoms with Gasteiger partial charge in [-0.3, -0.25) is 9.59 Å². The molecule has 22 heavy (non-hydrogen) atoms. The second kappa shape index (κ2) is 10.1. The average molecular weight is 333 g/mol. The lowest BCUT2D eigenvalue weighted by atomic mass is 9.89. The van der Waals surface area contributed by atoms with Crippen LogP contribution in [-0.2, 0) is 9.59 Å². The van der Waals surface area contributed by atoms with Crippen molar-refractivity contribution in [3.05, 3.63) is 0 Å². The Morgan fingerprint density at radius 3 is 2.50 bits per heavy atom. The van der Waals surface area contributed by atoms with Crippen molar-refractivity contribution in [3.63, 3.8) is 0 Å². The number of piperidine rings is 1. The van der Waals surface area contributed by atoms with E-state index in [0.717, 1.165) is 25.9 Å². The number of nitrogens with one attached hydrogen (secondary N) is 1. The molecule has 2 N–H and O–H groups in total. The van der Waals surface area contributed by atoms with Crippen molar-refractivity contribution in [2.45, 2.75) is 51.4 Å². The van der Waals surface area contributed by atoms with Crippen LogP contribution < -0.4 is 5.32 Å². The Kier molecular flexibility index (Phi) is 8.79. The molecule has 1 amide bonds. The van der Waals surface area contributed by atoms with Crippen LogP contribution in [0.4, 0.5) is 0 Å². The van der Waals surface area contributed by atoms with E-state index in [4.69, 9.17) is 5.11 Å². The van der Waals surface area contributed by atoms with E-state index in [-0.39, 0.29) is 24.2 Å². The Balaban J connectivity index is 0.00000242. The fraction of sp³-hybridized carbons (Fsp3) is 0.875. The third-order valence-corrected chi connectivity index (χ3v) is 4.82. The molecule has 1 atom stereocenters. The summed E-state index contributed by atoms with van der Waals surface area (Å²) >= 11 is 0. The van der Waals surface area contributed by atoms with Gasteiger partial charge in [0.1, 0.15) is 0 Å². The number of carbonyl (C=O) groups is 2. The number of amides is 1. The van der Waals surface area contributed by atoms with Crippen molar-refractivity contribution in [1.82, 2.24) is 10.2 Å². The molecule has 1 saturated carbocycles. The standard InChI is InChI=1S/C16H28N2O3.ClH/c19-15(17-11-13-5-2-1-3-6-13)8-10-18-9-4-7-14(12-18)16(20)21;/h13-14H,1-12H2,(H,17,19)(H,20,21);1H. The number of likely N-dealkylation sites (tertiary alicyclic amines) is 1. The van der Waals surface area contributed by atoms with Gasteiger partial charge < -0.3 is 15.3 Å². The molecule has 0 aromatic rings. The summed E-state index contributed by atoms with van der Waals surface area (Å²) in [6.45, 7) is 3.00. The quantitative estimate of drug-likeness (QED) is 0.783. The van der Waals surface area contributed by atoms with E-state index in [0.29, 0.717) is 25.4 Å². The van der Waals surface area contributed by atoms with Gasteiger partial charge in [0.25, 0.3) is 0 Å². The highest BCUT2D eigenvalue weighted by Crippen LogP contribution is 2.22. The molecule has 128 valence electrons. The molecule has 0 aromatic heterocycles. The molecular weight excluding hydrogens is 304 g/mol. The van der Waals surface area contributed by atoms with Crippen LogP contribution in [0.3, 0.4) is 0 Å². The molecular formula is C16H29ClN2O3. The second-order valence-electron chi connectivity index (χ2n) is 6.54. The number of carboxylic acids is 1. The zero-order chi connectivity index (χ0) is 15.1. The zero-order valence-corrected chi connectivity index (χ0v) is 14.1. The van der Waals surface area contributed by atoms with E-state index in [1.54, 1.807) is 0 Å². The first-order chi connectivity index (χ1) is 10.1. The van der Waals surface area contributed by atoms with Crippen LogP contribution in [0.5, 0.6) is 0 Å². The number of aliphatic carboxylic acids is 1. The summed E-state index contributed by atoms with van der Waals surface area (Å²) in [5.74, 6) is -0.197. The molecule has 0 radical (unpaired) electrons. The van der Waals surface area contributed by atoms with Crippen LogP contribution in [0.2, 0.25) is 0 Å². The predicted octanol–water partition coefficient (Wildman–Crippen LogP) is 2.29. The first-order valence-corrected chi connectivity index (χ1v) is 8.37. The SMILES string of the molecule is Cl.O=C(CCN1CCCC(C(=O)O)C1)NCC1CCCCC1. The Labute approximate surface area is 139 Å². The molecule has 0 spiro atoms. The Hall–Kier alpha value is -0.810. The van der Waals surface area contributed by atoms with Crippen molar-refractivity contribution in [3.8, 4) is 0 Å². The highest BCUT2D eigenvalue weighted by Gasteiger charge is 2.25. The van der Waals surface area contributed by atoms with Crippen molar-refractivity contribution >= 4 is 24.3 Å². The van der Waals surface area contributed by atoms with Gasteiger partial charge in [-0.25, -0.2) is 0 Å². The smallest absolute Gasteiger partial charge is 0.307 e. The van der Waals surface area contributed by atoms with Crippen LogP contribution in [0.15, 0.2) is 0 Å². The van der Waals surface area contributed by atoms with Crippen LogP contribution in [0, 0.1) is 11.8 Å². The summed E-state index contributed by atoms with van der Waals surface area (Å²) in [5.41, 5.74) is 0. The van der Waals surface area contributed by atoms with Gasteiger partial charge in [-0.2, -0.15) is 0 Å². The summed E-state index contributed by atoms with van der Waals surface area (Å²) in [6.07, 6.45) is 8.58. The third-order valence-electron chi connectivity index (χ3n) is 4.82. The maximum absolute atomic E-state index is 11.9. The van der Waals surface area contributed by atoms with Gasteiger partial charge in [0.2, 0.25) is 5.91 Å². The van der Waals surface area contributed by atoms with Crippen molar-refractivity contribution in [2.75, 3.05) is 26.2 Å². The van der Waals surface area contributed by atoms with E-state index < -0.39 is 5.97 Å². The zero-order valence-electron chi connectivity index (χ0n) is 13.3. The molecule has 1 saturated heterocycles. The number of hydrogen-bond donors (Lipinski definition) is 2. The van der Waals surface area contributed by atoms with E-state index in [2.05, 4.69) is 10.2 Å². The lowest BCUT2D eigenvalue weighted by Gasteiger charge is -2.30. The van der Waals surface area contributed by atoms with E-state index >= 15 is 0 Å². The van der Waals surface area contributed by atoms with Crippen LogP contribution >= 0.6 is 12.4 Å². The van der Waals surface area contributed by atoms with Gasteiger partial charge in [-0.15, -0.1) is 12.4 Å². The molecule has 2 fully saturated rings. The maximum atomic E-state index is 11.9. The Morgan fingerprint density at radius 2 is 1.82 bits per heavy atom. The summed E-state index contributed by atoms with van der Waals surface area (Å²) in [4.78, 5) is 25.0. The first kappa shape index (κ1) is 19.2. The fourth-order valence-electron chi connectivity index (χ4n) is 3.46. The molecule has 1 aliphatic carbocycles. The number of rotatable bonds is 6. The topological polar surface area (TPSA) is 69.6 Å². The largest absolute Gasteiger partial charge is 0.481 e. The maximum Gasteiger partial charge on any atom is 0.307 e. The van der Waals surface area contributed by atoms with Gasteiger partial charge in [-0.1, -0.05) is 19.3 Å². The van der Waals surface area contributed by atoms with Crippen molar-refractivity contribution < 1.29 is 14.7 Å². The van der Waals surface area contributed by atoms with Gasteiger partial charge >= 0.3 is 5.97 Å². The minimum Gasteiger partial charge on any atom is -0.481 e. The molecule has 1 aliphatic heterocycles. The number of hydrogen-bond acceptors (Lipinski definition) is 3. The predicted molar refractivity (Wildman–Crippen MR) is 88.2 cm³/mol. The van der Waals surface area contributed by atoms with Gasteiger partial charge in [0.15, 0.2) is 0 Å². The van der Waals surface area contributed by atoms with E-state index in [1.165, 1.54) is 32.1 Å². The third kappa shape index (κ3) is 6.53. The molecule has 6 heteroatoms. The van der Waals surface area contributed by atoms with Crippen molar-refractivity contribution in [1.29, 1.82) is 0 Å². The lowest BCUT2D eigenvalue weighted by molar-refractivity contribution is -0.143. The number of carbonyl (C=O) groups excluding carboxylic acids is 1. The first-order valence-electron chi connectivity index (χ1n) is 8.37. The normalized spacial score (nSPS) is 23.5. The summed E-state index contributed by atoms with van der Waals surface area (Å²) in [7, 11) is 0. The minimum atomic E-state index is -0.707. The highest BCUT2D eigenvalue weighted by molar-refractivity contribution is 5.85. The van der Waals surface area contributed by atoms with Gasteiger partial charge in [-0.05, 0) is 38.1 Å². The van der Waals surface area contributed by atoms with Gasteiger partial charge in [0, 0.05) is 26.1 Å². The lowest BCUT2D eigenvalue weighted by Crippen LogP contribution is -2.41. The molecule has 1 heterocycles. The summed E-state index contributed by atoms with van der Waals surface area (Å²) < 4.78 is 0. The van der Waals surface area contributed by atoms with E-state index in [1.807, 2.05) is 0 Å². The highest BCUT2D eigenvalue weighted by atomic mass is 35.5. The monoisotopic (exact) mass is 332 g/mol. The number of halogens is 1. The van der Waals surface area contributed by atoms with Crippen LogP contribution in [-0.4, -0.2) is 48.1 Å². The van der Waals surface area contributed by atoms with Crippen LogP contribution in [0.25, 0.3) is 0 Å². The molecule has 0 bridgehead atoms. The molecule has 2 rings (SSSR count). The van der Waals surface area contributed by atoms with Gasteiger partial charge in [0.05, 0.1) is 5.92 Å². The summed E-state index contributed by atoms with van der Waals surface area (Å²) in [6, 6.07) is 0. The molecule has 0 aromatic carbocycles. The van der Waals surface area contributed by atoms with Crippen LogP contribution in [0.1, 0.15) is 51.4 Å². The number of carboxylic acid groups (broad SMARTS) is 1. The second-order valence-corrected chi connectivity index (χ2v) is 6.54.